The van der Waals surface area contributed by atoms with E-state index in [0.29, 0.717) is 6.54 Å². The second-order valence-corrected chi connectivity index (χ2v) is 9.88. The molecule has 3 heterocycles. The molecule has 2 amide bonds. The number of rotatable bonds is 2. The first-order valence-electron chi connectivity index (χ1n) is 11.5. The van der Waals surface area contributed by atoms with Gasteiger partial charge >= 0.3 is 6.03 Å². The van der Waals surface area contributed by atoms with E-state index >= 15 is 0 Å². The number of thiophene rings is 1. The Morgan fingerprint density at radius 2 is 1.79 bits per heavy atom. The molecule has 1 atom stereocenters. The van der Waals surface area contributed by atoms with E-state index in [1.807, 2.05) is 53.8 Å². The lowest BCUT2D eigenvalue weighted by Crippen LogP contribution is -2.38. The van der Waals surface area contributed by atoms with Crippen LogP contribution >= 0.6 is 11.3 Å². The first-order chi connectivity index (χ1) is 16.6. The molecular formula is C27H23F2N3OS. The van der Waals surface area contributed by atoms with Crippen LogP contribution in [0.5, 0.6) is 0 Å². The molecule has 34 heavy (non-hydrogen) atoms. The molecule has 0 saturated heterocycles. The van der Waals surface area contributed by atoms with Crippen LogP contribution in [0.4, 0.5) is 19.3 Å². The molecule has 0 spiro atoms. The second kappa shape index (κ2) is 8.40. The molecule has 1 aliphatic heterocycles. The molecule has 1 aliphatic carbocycles. The number of fused-ring (bicyclic) bond motifs is 5. The lowest BCUT2D eigenvalue weighted by Gasteiger charge is -2.31. The van der Waals surface area contributed by atoms with E-state index in [-0.39, 0.29) is 11.7 Å². The highest BCUT2D eigenvalue weighted by Gasteiger charge is 2.36. The minimum Gasteiger partial charge on any atom is -0.310 e. The Hall–Kier alpha value is -3.45. The minimum atomic E-state index is -0.795. The molecule has 1 unspecified atom stereocenters. The van der Waals surface area contributed by atoms with E-state index in [1.165, 1.54) is 28.5 Å². The fourth-order valence-electron chi connectivity index (χ4n) is 5.15. The van der Waals surface area contributed by atoms with Crippen molar-refractivity contribution in [1.82, 2.24) is 9.47 Å². The van der Waals surface area contributed by atoms with Crippen LogP contribution in [0.3, 0.4) is 0 Å². The van der Waals surface area contributed by atoms with Gasteiger partial charge in [0.2, 0.25) is 0 Å². The first kappa shape index (κ1) is 21.1. The average molecular weight is 476 g/mol. The van der Waals surface area contributed by atoms with E-state index < -0.39 is 17.7 Å². The summed E-state index contributed by atoms with van der Waals surface area (Å²) in [6.07, 6.45) is 6.47. The third-order valence-electron chi connectivity index (χ3n) is 6.73. The van der Waals surface area contributed by atoms with E-state index in [4.69, 9.17) is 0 Å². The number of carbonyl (C=O) groups excluding carboxylic acids is 1. The highest BCUT2D eigenvalue weighted by atomic mass is 32.1. The van der Waals surface area contributed by atoms with Crippen molar-refractivity contribution in [2.75, 3.05) is 5.32 Å². The molecule has 4 aromatic rings. The van der Waals surface area contributed by atoms with Crippen LogP contribution in [-0.2, 0) is 19.4 Å². The molecule has 2 aromatic carbocycles. The number of aryl methyl sites for hydroxylation is 1. The number of nitrogens with zero attached hydrogens (tertiary/aromatic N) is 2. The summed E-state index contributed by atoms with van der Waals surface area (Å²) in [6.45, 7) is 0.414. The smallest absolute Gasteiger partial charge is 0.310 e. The largest absolute Gasteiger partial charge is 0.323 e. The molecule has 2 aromatic heterocycles. The molecule has 172 valence electrons. The van der Waals surface area contributed by atoms with Crippen LogP contribution in [0, 0.1) is 11.6 Å². The maximum absolute atomic E-state index is 14.4. The third-order valence-corrected chi connectivity index (χ3v) is 8.06. The third kappa shape index (κ3) is 3.51. The van der Waals surface area contributed by atoms with E-state index in [2.05, 4.69) is 16.1 Å². The lowest BCUT2D eigenvalue weighted by atomic mass is 9.95. The highest BCUT2D eigenvalue weighted by molar-refractivity contribution is 7.15. The number of aromatic nitrogens is 1. The van der Waals surface area contributed by atoms with Gasteiger partial charge in [-0.2, -0.15) is 0 Å². The molecule has 0 radical (unpaired) electrons. The average Bonchev–Trinajstić information content (AvgIpc) is 3.43. The molecule has 6 rings (SSSR count). The summed E-state index contributed by atoms with van der Waals surface area (Å²) in [6, 6.07) is 16.4. The maximum Gasteiger partial charge on any atom is 0.323 e. The summed E-state index contributed by atoms with van der Waals surface area (Å²) in [7, 11) is 0. The van der Waals surface area contributed by atoms with Crippen LogP contribution in [0.25, 0.3) is 5.00 Å². The van der Waals surface area contributed by atoms with Gasteiger partial charge in [-0.1, -0.05) is 30.3 Å². The fraction of sp³-hybridized carbons (Fsp3) is 0.222. The quantitative estimate of drug-likeness (QED) is 0.339. The van der Waals surface area contributed by atoms with Crippen molar-refractivity contribution in [3.05, 3.63) is 106 Å². The number of nitrogens with one attached hydrogen (secondary N) is 1. The van der Waals surface area contributed by atoms with Crippen LogP contribution in [0.1, 0.15) is 46.1 Å². The van der Waals surface area contributed by atoms with Crippen LogP contribution in [0.2, 0.25) is 0 Å². The van der Waals surface area contributed by atoms with Gasteiger partial charge in [-0.25, -0.2) is 13.6 Å². The van der Waals surface area contributed by atoms with Crippen molar-refractivity contribution in [2.24, 2.45) is 0 Å². The van der Waals surface area contributed by atoms with Crippen molar-refractivity contribution in [3.63, 3.8) is 0 Å². The summed E-state index contributed by atoms with van der Waals surface area (Å²) < 4.78 is 30.0. The van der Waals surface area contributed by atoms with E-state index in [1.54, 1.807) is 4.90 Å². The number of urea groups is 1. The topological polar surface area (TPSA) is 37.3 Å². The van der Waals surface area contributed by atoms with Crippen molar-refractivity contribution < 1.29 is 13.6 Å². The predicted octanol–water partition coefficient (Wildman–Crippen LogP) is 6.83. The molecule has 1 N–H and O–H groups in total. The molecule has 4 nitrogen and oxygen atoms in total. The van der Waals surface area contributed by atoms with Crippen LogP contribution < -0.4 is 5.32 Å². The molecule has 0 bridgehead atoms. The first-order valence-corrected chi connectivity index (χ1v) is 12.3. The Balaban J connectivity index is 1.49. The van der Waals surface area contributed by atoms with Gasteiger partial charge in [-0.15, -0.1) is 11.3 Å². The van der Waals surface area contributed by atoms with Crippen molar-refractivity contribution in [1.29, 1.82) is 0 Å². The second-order valence-electron chi connectivity index (χ2n) is 8.79. The summed E-state index contributed by atoms with van der Waals surface area (Å²) in [5, 5.41) is 3.86. The lowest BCUT2D eigenvalue weighted by molar-refractivity contribution is 0.194. The van der Waals surface area contributed by atoms with Crippen molar-refractivity contribution in [2.45, 2.75) is 38.3 Å². The number of benzene rings is 2. The Bertz CT molecular complexity index is 1380. The zero-order chi connectivity index (χ0) is 23.2. The van der Waals surface area contributed by atoms with Gasteiger partial charge in [0.25, 0.3) is 0 Å². The number of amides is 2. The summed E-state index contributed by atoms with van der Waals surface area (Å²) in [5.41, 5.74) is 4.44. The Labute approximate surface area is 200 Å². The number of halogens is 2. The van der Waals surface area contributed by atoms with E-state index in [9.17, 15) is 13.6 Å². The fourth-order valence-corrected chi connectivity index (χ4v) is 6.55. The Kier molecular flexibility index (Phi) is 5.21. The molecule has 0 saturated carbocycles. The Morgan fingerprint density at radius 3 is 2.62 bits per heavy atom. The van der Waals surface area contributed by atoms with Gasteiger partial charge in [-0.05, 0) is 61.1 Å². The Morgan fingerprint density at radius 1 is 0.971 bits per heavy atom. The van der Waals surface area contributed by atoms with Crippen molar-refractivity contribution in [3.8, 4) is 5.00 Å². The SMILES string of the molecule is O=C(Nc1ccc(F)cc1F)N1Cc2c(sc3c2CCCC3)-n2cccc2C1c1ccccc1. The summed E-state index contributed by atoms with van der Waals surface area (Å²) in [5.74, 6) is -1.48. The zero-order valence-electron chi connectivity index (χ0n) is 18.4. The summed E-state index contributed by atoms with van der Waals surface area (Å²) >= 11 is 1.82. The zero-order valence-corrected chi connectivity index (χ0v) is 19.2. The molecule has 7 heteroatoms. The van der Waals surface area contributed by atoms with Gasteiger partial charge in [0.1, 0.15) is 16.6 Å². The van der Waals surface area contributed by atoms with Gasteiger partial charge in [0, 0.05) is 22.7 Å². The van der Waals surface area contributed by atoms with Gasteiger partial charge in [0.05, 0.1) is 24.0 Å². The standard InChI is InChI=1S/C27H23F2N3OS/c28-18-12-13-22(21(29)15-18)30-27(33)32-16-20-19-9-4-5-11-24(19)34-26(20)31-14-6-10-23(31)25(32)17-7-2-1-3-8-17/h1-3,6-8,10,12-15,25H,4-5,9,11,16H2,(H,30,33). The minimum absolute atomic E-state index is 0.0367. The summed E-state index contributed by atoms with van der Waals surface area (Å²) in [4.78, 5) is 16.9. The van der Waals surface area contributed by atoms with Gasteiger partial charge in [0.15, 0.2) is 0 Å². The number of carbonyl (C=O) groups is 1. The van der Waals surface area contributed by atoms with Gasteiger partial charge in [-0.3, -0.25) is 0 Å². The number of anilines is 1. The molecule has 0 fully saturated rings. The highest BCUT2D eigenvalue weighted by Crippen LogP contribution is 2.44. The van der Waals surface area contributed by atoms with E-state index in [0.717, 1.165) is 47.7 Å². The monoisotopic (exact) mass is 475 g/mol. The predicted molar refractivity (Wildman–Crippen MR) is 129 cm³/mol. The molecular weight excluding hydrogens is 452 g/mol. The van der Waals surface area contributed by atoms with Crippen LogP contribution in [-0.4, -0.2) is 15.5 Å². The normalized spacial score (nSPS) is 16.9. The van der Waals surface area contributed by atoms with Gasteiger partial charge < -0.3 is 14.8 Å². The molecule has 2 aliphatic rings. The van der Waals surface area contributed by atoms with Crippen LogP contribution in [0.15, 0.2) is 66.9 Å². The number of hydrogen-bond donors (Lipinski definition) is 1. The van der Waals surface area contributed by atoms with Crippen molar-refractivity contribution >= 4 is 23.1 Å². The number of hydrogen-bond acceptors (Lipinski definition) is 2. The maximum atomic E-state index is 14.4.